The minimum absolute atomic E-state index is 0.137. The van der Waals surface area contributed by atoms with Crippen LogP contribution >= 0.6 is 0 Å². The average Bonchev–Trinajstić information content (AvgIpc) is 2.85. The molecule has 1 N–H and O–H groups in total. The molecule has 0 spiro atoms. The fourth-order valence-corrected chi connectivity index (χ4v) is 2.35. The molecule has 100 valence electrons. The Balaban J connectivity index is 1.72. The van der Waals surface area contributed by atoms with Gasteiger partial charge >= 0.3 is 0 Å². The van der Waals surface area contributed by atoms with Crippen LogP contribution in [0.15, 0.2) is 30.3 Å². The lowest BCUT2D eigenvalue weighted by molar-refractivity contribution is -0.0367. The van der Waals surface area contributed by atoms with Crippen LogP contribution in [0.1, 0.15) is 31.4 Å². The van der Waals surface area contributed by atoms with Crippen molar-refractivity contribution < 1.29 is 9.47 Å². The Kier molecular flexibility index (Phi) is 5.17. The first kappa shape index (κ1) is 13.5. The van der Waals surface area contributed by atoms with Crippen molar-refractivity contribution in [3.8, 4) is 0 Å². The van der Waals surface area contributed by atoms with Crippen molar-refractivity contribution in [2.45, 2.75) is 38.1 Å². The zero-order chi connectivity index (χ0) is 12.8. The molecule has 1 aromatic carbocycles. The highest BCUT2D eigenvalue weighted by Gasteiger charge is 2.25. The zero-order valence-electron chi connectivity index (χ0n) is 11.3. The van der Waals surface area contributed by atoms with Gasteiger partial charge in [0.25, 0.3) is 0 Å². The summed E-state index contributed by atoms with van der Waals surface area (Å²) >= 11 is 0. The summed E-state index contributed by atoms with van der Waals surface area (Å²) in [6.07, 6.45) is 2.99. The summed E-state index contributed by atoms with van der Waals surface area (Å²) in [5.74, 6) is 0. The first-order valence-corrected chi connectivity index (χ1v) is 6.76. The number of ether oxygens (including phenoxy) is 2. The predicted molar refractivity (Wildman–Crippen MR) is 72.6 cm³/mol. The molecule has 0 aromatic heterocycles. The summed E-state index contributed by atoms with van der Waals surface area (Å²) in [4.78, 5) is 0. The fourth-order valence-electron chi connectivity index (χ4n) is 2.35. The topological polar surface area (TPSA) is 30.5 Å². The minimum atomic E-state index is 0.137. The molecule has 1 fully saturated rings. The van der Waals surface area contributed by atoms with Crippen molar-refractivity contribution in [2.75, 3.05) is 20.2 Å². The molecule has 1 aliphatic heterocycles. The van der Waals surface area contributed by atoms with E-state index in [0.29, 0.717) is 12.7 Å². The highest BCUT2D eigenvalue weighted by molar-refractivity contribution is 5.16. The molecule has 0 amide bonds. The van der Waals surface area contributed by atoms with E-state index in [0.717, 1.165) is 19.4 Å². The average molecular weight is 249 g/mol. The molecule has 3 nitrogen and oxygen atoms in total. The van der Waals surface area contributed by atoms with E-state index in [-0.39, 0.29) is 12.2 Å². The maximum atomic E-state index is 5.90. The molecule has 3 heteroatoms. The van der Waals surface area contributed by atoms with E-state index >= 15 is 0 Å². The molecule has 3 atom stereocenters. The predicted octanol–water partition coefficient (Wildman–Crippen LogP) is 2.53. The number of hydrogen-bond acceptors (Lipinski definition) is 3. The van der Waals surface area contributed by atoms with Crippen LogP contribution in [-0.2, 0) is 9.47 Å². The third kappa shape index (κ3) is 3.80. The number of nitrogens with one attached hydrogen (secondary N) is 1. The molecule has 1 aromatic rings. The second-order valence-corrected chi connectivity index (χ2v) is 4.90. The van der Waals surface area contributed by atoms with Crippen molar-refractivity contribution in [3.63, 3.8) is 0 Å². The summed E-state index contributed by atoms with van der Waals surface area (Å²) < 4.78 is 11.8. The van der Waals surface area contributed by atoms with Crippen molar-refractivity contribution >= 4 is 0 Å². The summed E-state index contributed by atoms with van der Waals surface area (Å²) in [5, 5.41) is 3.16. The maximum Gasteiger partial charge on any atom is 0.0814 e. The molecule has 0 aliphatic carbocycles. The summed E-state index contributed by atoms with van der Waals surface area (Å²) in [6.45, 7) is 3.72. The highest BCUT2D eigenvalue weighted by atomic mass is 16.5. The van der Waals surface area contributed by atoms with Crippen molar-refractivity contribution in [3.05, 3.63) is 35.9 Å². The van der Waals surface area contributed by atoms with Crippen LogP contribution in [0.4, 0.5) is 0 Å². The SMILES string of the molecule is CNCC1CCC(COC(C)c2ccccc2)O1. The van der Waals surface area contributed by atoms with Gasteiger partial charge in [0.15, 0.2) is 0 Å². The molecular weight excluding hydrogens is 226 g/mol. The van der Waals surface area contributed by atoms with E-state index < -0.39 is 0 Å². The van der Waals surface area contributed by atoms with Gasteiger partial charge in [-0.3, -0.25) is 0 Å². The Hall–Kier alpha value is -0.900. The summed E-state index contributed by atoms with van der Waals surface area (Å²) in [7, 11) is 1.96. The van der Waals surface area contributed by atoms with Crippen molar-refractivity contribution in [1.82, 2.24) is 5.32 Å². The van der Waals surface area contributed by atoms with E-state index in [4.69, 9.17) is 9.47 Å². The molecule has 0 saturated carbocycles. The number of hydrogen-bond donors (Lipinski definition) is 1. The van der Waals surface area contributed by atoms with Crippen LogP contribution < -0.4 is 5.32 Å². The van der Waals surface area contributed by atoms with Crippen LogP contribution in [-0.4, -0.2) is 32.4 Å². The van der Waals surface area contributed by atoms with Crippen LogP contribution in [0.25, 0.3) is 0 Å². The Labute approximate surface area is 109 Å². The lowest BCUT2D eigenvalue weighted by atomic mass is 10.1. The van der Waals surface area contributed by atoms with Gasteiger partial charge in [0.2, 0.25) is 0 Å². The number of likely N-dealkylation sites (N-methyl/N-ethyl adjacent to an activating group) is 1. The van der Waals surface area contributed by atoms with Gasteiger partial charge in [-0.1, -0.05) is 30.3 Å². The van der Waals surface area contributed by atoms with Crippen LogP contribution in [0.2, 0.25) is 0 Å². The first-order chi connectivity index (χ1) is 8.79. The first-order valence-electron chi connectivity index (χ1n) is 6.76. The van der Waals surface area contributed by atoms with Gasteiger partial charge in [0, 0.05) is 6.54 Å². The molecule has 3 unspecified atom stereocenters. The normalized spacial score (nSPS) is 25.2. The molecule has 0 bridgehead atoms. The standard InChI is InChI=1S/C15H23NO2/c1-12(13-6-4-3-5-7-13)17-11-15-9-8-14(18-15)10-16-2/h3-7,12,14-16H,8-11H2,1-2H3. The van der Waals surface area contributed by atoms with Crippen LogP contribution in [0.3, 0.4) is 0 Å². The molecule has 1 saturated heterocycles. The van der Waals surface area contributed by atoms with E-state index in [9.17, 15) is 0 Å². The van der Waals surface area contributed by atoms with Gasteiger partial charge in [0.1, 0.15) is 0 Å². The molecule has 1 aliphatic rings. The molecular formula is C15H23NO2. The van der Waals surface area contributed by atoms with Gasteiger partial charge in [-0.05, 0) is 32.4 Å². The molecule has 1 heterocycles. The Bertz CT molecular complexity index is 342. The van der Waals surface area contributed by atoms with E-state index in [2.05, 4.69) is 24.4 Å². The smallest absolute Gasteiger partial charge is 0.0814 e. The second-order valence-electron chi connectivity index (χ2n) is 4.90. The fraction of sp³-hybridized carbons (Fsp3) is 0.600. The van der Waals surface area contributed by atoms with Gasteiger partial charge in [-0.15, -0.1) is 0 Å². The Morgan fingerprint density at radius 1 is 1.28 bits per heavy atom. The zero-order valence-corrected chi connectivity index (χ0v) is 11.3. The maximum absolute atomic E-state index is 5.90. The Morgan fingerprint density at radius 2 is 2.00 bits per heavy atom. The largest absolute Gasteiger partial charge is 0.371 e. The summed E-state index contributed by atoms with van der Waals surface area (Å²) in [6, 6.07) is 10.3. The lowest BCUT2D eigenvalue weighted by Gasteiger charge is -2.17. The van der Waals surface area contributed by atoms with Gasteiger partial charge in [-0.2, -0.15) is 0 Å². The second kappa shape index (κ2) is 6.88. The monoisotopic (exact) mass is 249 g/mol. The highest BCUT2D eigenvalue weighted by Crippen LogP contribution is 2.22. The molecule has 18 heavy (non-hydrogen) atoms. The summed E-state index contributed by atoms with van der Waals surface area (Å²) in [5.41, 5.74) is 1.22. The minimum Gasteiger partial charge on any atom is -0.371 e. The quantitative estimate of drug-likeness (QED) is 0.840. The number of rotatable bonds is 6. The van der Waals surface area contributed by atoms with Crippen molar-refractivity contribution in [2.24, 2.45) is 0 Å². The Morgan fingerprint density at radius 3 is 2.72 bits per heavy atom. The van der Waals surface area contributed by atoms with Gasteiger partial charge in [0.05, 0.1) is 24.9 Å². The van der Waals surface area contributed by atoms with Crippen molar-refractivity contribution in [1.29, 1.82) is 0 Å². The third-order valence-electron chi connectivity index (χ3n) is 3.43. The molecule has 2 rings (SSSR count). The van der Waals surface area contributed by atoms with E-state index in [1.54, 1.807) is 0 Å². The molecule has 0 radical (unpaired) electrons. The van der Waals surface area contributed by atoms with Crippen LogP contribution in [0, 0.1) is 0 Å². The van der Waals surface area contributed by atoms with E-state index in [1.165, 1.54) is 5.56 Å². The lowest BCUT2D eigenvalue weighted by Crippen LogP contribution is -2.25. The van der Waals surface area contributed by atoms with Gasteiger partial charge in [-0.25, -0.2) is 0 Å². The van der Waals surface area contributed by atoms with Gasteiger partial charge < -0.3 is 14.8 Å². The number of benzene rings is 1. The third-order valence-corrected chi connectivity index (χ3v) is 3.43. The van der Waals surface area contributed by atoms with E-state index in [1.807, 2.05) is 25.2 Å². The van der Waals surface area contributed by atoms with Crippen LogP contribution in [0.5, 0.6) is 0 Å².